The fraction of sp³-hybridized carbons (Fsp3) is 0.522. The maximum atomic E-state index is 13.4. The molecule has 0 saturated carbocycles. The normalized spacial score (nSPS) is 20.8. The number of nitrogens with one attached hydrogen (secondary N) is 1. The molecule has 2 aromatic rings. The van der Waals surface area contributed by atoms with Crippen LogP contribution in [0.5, 0.6) is 0 Å². The number of hydrogen-bond donors (Lipinski definition) is 1. The number of fused-ring (bicyclic) bond motifs is 4. The molecule has 2 aliphatic rings. The van der Waals surface area contributed by atoms with E-state index in [-0.39, 0.29) is 43.5 Å². The second-order valence-electron chi connectivity index (χ2n) is 8.04. The maximum Gasteiger partial charge on any atom is 0.328 e. The number of carbonyl (C=O) groups excluding carboxylic acids is 3. The fourth-order valence-corrected chi connectivity index (χ4v) is 5.03. The molecule has 0 bridgehead atoms. The summed E-state index contributed by atoms with van der Waals surface area (Å²) in [6, 6.07) is 7.12. The molecule has 0 radical (unpaired) electrons. The van der Waals surface area contributed by atoms with Crippen molar-refractivity contribution in [3.63, 3.8) is 0 Å². The molecule has 160 valence electrons. The molecule has 30 heavy (non-hydrogen) atoms. The lowest BCUT2D eigenvalue weighted by Gasteiger charge is -2.39. The summed E-state index contributed by atoms with van der Waals surface area (Å²) in [6.07, 6.45) is 2.33. The number of H-pyrrole nitrogens is 1. The van der Waals surface area contributed by atoms with Crippen molar-refractivity contribution in [1.82, 2.24) is 14.8 Å². The minimum absolute atomic E-state index is 0.0236. The Bertz CT molecular complexity index is 978. The summed E-state index contributed by atoms with van der Waals surface area (Å²) in [4.78, 5) is 44.9. The van der Waals surface area contributed by atoms with Gasteiger partial charge in [-0.2, -0.15) is 0 Å². The summed E-state index contributed by atoms with van der Waals surface area (Å²) in [6.45, 7) is 6.34. The van der Waals surface area contributed by atoms with E-state index in [1.54, 1.807) is 11.8 Å². The lowest BCUT2D eigenvalue weighted by atomic mass is 9.83. The number of aromatic nitrogens is 1. The van der Waals surface area contributed by atoms with Crippen LogP contribution in [0.2, 0.25) is 0 Å². The molecular weight excluding hydrogens is 382 g/mol. The average molecular weight is 412 g/mol. The number of aromatic amines is 1. The molecule has 2 atom stereocenters. The van der Waals surface area contributed by atoms with Gasteiger partial charge in [-0.3, -0.25) is 14.5 Å². The third-order valence-corrected chi connectivity index (χ3v) is 6.52. The van der Waals surface area contributed by atoms with Gasteiger partial charge in [0.25, 0.3) is 5.91 Å². The monoisotopic (exact) mass is 411 g/mol. The summed E-state index contributed by atoms with van der Waals surface area (Å²) in [5.74, 6) is -0.367. The molecule has 1 fully saturated rings. The molecular formula is C23H29N3O4. The fourth-order valence-electron chi connectivity index (χ4n) is 5.03. The zero-order chi connectivity index (χ0) is 21.4. The highest BCUT2D eigenvalue weighted by Gasteiger charge is 2.53. The van der Waals surface area contributed by atoms with Crippen molar-refractivity contribution >= 4 is 28.8 Å². The van der Waals surface area contributed by atoms with Gasteiger partial charge in [-0.25, -0.2) is 4.79 Å². The molecule has 3 heterocycles. The van der Waals surface area contributed by atoms with Crippen molar-refractivity contribution in [2.45, 2.75) is 58.5 Å². The third-order valence-electron chi connectivity index (χ3n) is 6.52. The van der Waals surface area contributed by atoms with Crippen molar-refractivity contribution in [3.8, 4) is 0 Å². The Kier molecular flexibility index (Phi) is 5.54. The van der Waals surface area contributed by atoms with E-state index in [0.29, 0.717) is 6.42 Å². The van der Waals surface area contributed by atoms with Gasteiger partial charge in [-0.1, -0.05) is 44.9 Å². The minimum Gasteiger partial charge on any atom is -0.466 e. The van der Waals surface area contributed by atoms with Gasteiger partial charge < -0.3 is 14.6 Å². The number of hydrogen-bond acceptors (Lipinski definition) is 4. The topological polar surface area (TPSA) is 82.7 Å². The largest absolute Gasteiger partial charge is 0.466 e. The van der Waals surface area contributed by atoms with E-state index < -0.39 is 12.0 Å². The smallest absolute Gasteiger partial charge is 0.328 e. The maximum absolute atomic E-state index is 13.4. The van der Waals surface area contributed by atoms with Crippen LogP contribution in [0.4, 0.5) is 4.79 Å². The van der Waals surface area contributed by atoms with Gasteiger partial charge in [0.15, 0.2) is 0 Å². The van der Waals surface area contributed by atoms with Gasteiger partial charge in [0.1, 0.15) is 6.04 Å². The number of rotatable bonds is 7. The average Bonchev–Trinajstić information content (AvgIpc) is 3.23. The molecule has 0 unspecified atom stereocenters. The number of carbonyl (C=O) groups is 3. The Balaban J connectivity index is 1.72. The van der Waals surface area contributed by atoms with Gasteiger partial charge in [0.2, 0.25) is 0 Å². The van der Waals surface area contributed by atoms with Crippen LogP contribution in [0.1, 0.15) is 57.3 Å². The molecule has 1 N–H and O–H groups in total. The van der Waals surface area contributed by atoms with Crippen molar-refractivity contribution < 1.29 is 19.1 Å². The van der Waals surface area contributed by atoms with Gasteiger partial charge in [-0.05, 0) is 24.5 Å². The predicted octanol–water partition coefficient (Wildman–Crippen LogP) is 3.79. The quantitative estimate of drug-likeness (QED) is 0.555. The standard InChI is InChI=1S/C23H29N3O4/c1-4-14(5-2)21-20-16(15-9-7-8-10-17(15)24-20)13-18-22(28)25(23(29)26(18)21)12-11-19(27)30-6-3/h7-10,14,18,21,24H,4-6,11-13H2,1-3H3/t18-,21+/m0/s1. The second-order valence-corrected chi connectivity index (χ2v) is 8.04. The van der Waals surface area contributed by atoms with E-state index in [2.05, 4.69) is 24.9 Å². The Morgan fingerprint density at radius 1 is 1.20 bits per heavy atom. The van der Waals surface area contributed by atoms with Crippen LogP contribution in [0.15, 0.2) is 24.3 Å². The molecule has 1 saturated heterocycles. The SMILES string of the molecule is CCOC(=O)CCN1C(=O)[C@@H]2Cc3c([nH]c4ccccc34)[C@@H](C(CC)CC)N2C1=O. The Morgan fingerprint density at radius 3 is 2.63 bits per heavy atom. The van der Waals surface area contributed by atoms with E-state index in [1.165, 1.54) is 4.90 Å². The number of esters is 1. The molecule has 3 amide bonds. The Hall–Kier alpha value is -2.83. The zero-order valence-corrected chi connectivity index (χ0v) is 17.8. The number of amides is 3. The number of urea groups is 1. The molecule has 4 rings (SSSR count). The van der Waals surface area contributed by atoms with Crippen molar-refractivity contribution in [3.05, 3.63) is 35.5 Å². The van der Waals surface area contributed by atoms with Gasteiger partial charge in [-0.15, -0.1) is 0 Å². The first-order valence-electron chi connectivity index (χ1n) is 10.9. The summed E-state index contributed by atoms with van der Waals surface area (Å²) >= 11 is 0. The summed E-state index contributed by atoms with van der Waals surface area (Å²) in [7, 11) is 0. The molecule has 2 aliphatic heterocycles. The molecule has 1 aromatic heterocycles. The Labute approximate surface area is 176 Å². The van der Waals surface area contributed by atoms with Crippen LogP contribution < -0.4 is 0 Å². The van der Waals surface area contributed by atoms with E-state index in [4.69, 9.17) is 4.74 Å². The van der Waals surface area contributed by atoms with E-state index >= 15 is 0 Å². The second kappa shape index (κ2) is 8.13. The van der Waals surface area contributed by atoms with E-state index in [9.17, 15) is 14.4 Å². The summed E-state index contributed by atoms with van der Waals surface area (Å²) in [5, 5.41) is 1.12. The highest BCUT2D eigenvalue weighted by atomic mass is 16.5. The number of para-hydroxylation sites is 1. The summed E-state index contributed by atoms with van der Waals surface area (Å²) in [5.41, 5.74) is 3.23. The van der Waals surface area contributed by atoms with Crippen LogP contribution in [-0.2, 0) is 20.7 Å². The zero-order valence-electron chi connectivity index (χ0n) is 17.8. The molecule has 0 spiro atoms. The van der Waals surface area contributed by atoms with E-state index in [1.807, 2.05) is 18.2 Å². The van der Waals surface area contributed by atoms with Gasteiger partial charge in [0.05, 0.1) is 19.1 Å². The molecule has 7 nitrogen and oxygen atoms in total. The van der Waals surface area contributed by atoms with E-state index in [0.717, 1.165) is 35.0 Å². The lowest BCUT2D eigenvalue weighted by Crippen LogP contribution is -2.46. The number of ether oxygens (including phenoxy) is 1. The first-order valence-corrected chi connectivity index (χ1v) is 10.9. The minimum atomic E-state index is -0.517. The first-order chi connectivity index (χ1) is 14.5. The van der Waals surface area contributed by atoms with Crippen LogP contribution >= 0.6 is 0 Å². The molecule has 0 aliphatic carbocycles. The van der Waals surface area contributed by atoms with Crippen LogP contribution in [0.3, 0.4) is 0 Å². The lowest BCUT2D eigenvalue weighted by molar-refractivity contribution is -0.143. The number of benzene rings is 1. The highest BCUT2D eigenvalue weighted by molar-refractivity contribution is 6.05. The van der Waals surface area contributed by atoms with Crippen molar-refractivity contribution in [2.24, 2.45) is 5.92 Å². The molecule has 7 heteroatoms. The first kappa shape index (κ1) is 20.4. The van der Waals surface area contributed by atoms with Crippen LogP contribution in [-0.4, -0.2) is 51.9 Å². The van der Waals surface area contributed by atoms with Gasteiger partial charge in [0, 0.05) is 29.6 Å². The number of nitrogens with zero attached hydrogens (tertiary/aromatic N) is 2. The van der Waals surface area contributed by atoms with Crippen molar-refractivity contribution in [2.75, 3.05) is 13.2 Å². The van der Waals surface area contributed by atoms with Crippen LogP contribution in [0.25, 0.3) is 10.9 Å². The highest BCUT2D eigenvalue weighted by Crippen LogP contribution is 2.45. The van der Waals surface area contributed by atoms with Gasteiger partial charge >= 0.3 is 12.0 Å². The number of imide groups is 1. The molecule has 1 aromatic carbocycles. The summed E-state index contributed by atoms with van der Waals surface area (Å²) < 4.78 is 4.96. The Morgan fingerprint density at radius 2 is 1.93 bits per heavy atom. The van der Waals surface area contributed by atoms with Crippen LogP contribution in [0, 0.1) is 5.92 Å². The third kappa shape index (κ3) is 3.16. The predicted molar refractivity (Wildman–Crippen MR) is 113 cm³/mol. The van der Waals surface area contributed by atoms with Crippen molar-refractivity contribution in [1.29, 1.82) is 0 Å².